The second-order valence-corrected chi connectivity index (χ2v) is 5.75. The zero-order chi connectivity index (χ0) is 15.4. The molecular weight excluding hydrogens is 299 g/mol. The molecule has 4 nitrogen and oxygen atoms in total. The molecule has 112 valence electrons. The van der Waals surface area contributed by atoms with Crippen molar-refractivity contribution in [1.29, 1.82) is 0 Å². The Morgan fingerprint density at radius 1 is 1.00 bits per heavy atom. The van der Waals surface area contributed by atoms with E-state index in [4.69, 9.17) is 5.84 Å². The van der Waals surface area contributed by atoms with Crippen LogP contribution in [0.3, 0.4) is 0 Å². The minimum atomic E-state index is -0.220. The summed E-state index contributed by atoms with van der Waals surface area (Å²) < 4.78 is 15.1. The van der Waals surface area contributed by atoms with Crippen molar-refractivity contribution in [3.05, 3.63) is 77.4 Å². The van der Waals surface area contributed by atoms with Crippen LogP contribution in [0, 0.1) is 5.82 Å². The molecule has 0 bridgehead atoms. The third kappa shape index (κ3) is 3.28. The third-order valence-electron chi connectivity index (χ3n) is 3.25. The number of aromatic nitrogens is 3. The van der Waals surface area contributed by atoms with Crippen molar-refractivity contribution in [2.75, 3.05) is 5.84 Å². The minimum absolute atomic E-state index is 0.220. The van der Waals surface area contributed by atoms with Gasteiger partial charge in [-0.05, 0) is 17.2 Å². The molecule has 0 spiro atoms. The standard InChI is InChI=1S/C16H15FN4S/c17-14-9-5-4-8-13(14)11-22-16-20-19-15(21(16)18)10-12-6-2-1-3-7-12/h1-9H,10-11,18H2. The van der Waals surface area contributed by atoms with Crippen LogP contribution in [0.1, 0.15) is 17.0 Å². The van der Waals surface area contributed by atoms with Gasteiger partial charge in [-0.25, -0.2) is 9.07 Å². The molecule has 0 fully saturated rings. The highest BCUT2D eigenvalue weighted by Crippen LogP contribution is 2.22. The molecule has 3 aromatic rings. The van der Waals surface area contributed by atoms with Gasteiger partial charge in [0.2, 0.25) is 5.16 Å². The summed E-state index contributed by atoms with van der Waals surface area (Å²) in [6.07, 6.45) is 0.616. The maximum atomic E-state index is 13.6. The van der Waals surface area contributed by atoms with Crippen LogP contribution in [0.2, 0.25) is 0 Å². The fourth-order valence-corrected chi connectivity index (χ4v) is 2.92. The SMILES string of the molecule is Nn1c(Cc2ccccc2)nnc1SCc1ccccc1F. The van der Waals surface area contributed by atoms with Crippen LogP contribution < -0.4 is 5.84 Å². The number of benzene rings is 2. The van der Waals surface area contributed by atoms with Crippen molar-refractivity contribution in [2.45, 2.75) is 17.3 Å². The van der Waals surface area contributed by atoms with Crippen molar-refractivity contribution in [1.82, 2.24) is 14.9 Å². The highest BCUT2D eigenvalue weighted by atomic mass is 32.2. The van der Waals surface area contributed by atoms with Crippen molar-refractivity contribution in [3.63, 3.8) is 0 Å². The molecule has 1 aromatic heterocycles. The monoisotopic (exact) mass is 314 g/mol. The summed E-state index contributed by atoms with van der Waals surface area (Å²) in [6.45, 7) is 0. The second kappa shape index (κ2) is 6.62. The number of nitrogens with zero attached hydrogens (tertiary/aromatic N) is 3. The van der Waals surface area contributed by atoms with Crippen LogP contribution in [0.25, 0.3) is 0 Å². The summed E-state index contributed by atoms with van der Waals surface area (Å²) in [6, 6.07) is 16.6. The summed E-state index contributed by atoms with van der Waals surface area (Å²) in [5.41, 5.74) is 1.74. The van der Waals surface area contributed by atoms with E-state index >= 15 is 0 Å². The van der Waals surface area contributed by atoms with Gasteiger partial charge in [0, 0.05) is 12.2 Å². The summed E-state index contributed by atoms with van der Waals surface area (Å²) in [5, 5.41) is 8.78. The van der Waals surface area contributed by atoms with Crippen molar-refractivity contribution in [3.8, 4) is 0 Å². The van der Waals surface area contributed by atoms with Crippen LogP contribution >= 0.6 is 11.8 Å². The summed E-state index contributed by atoms with van der Waals surface area (Å²) >= 11 is 1.37. The van der Waals surface area contributed by atoms with Crippen LogP contribution in [0.4, 0.5) is 4.39 Å². The Kier molecular flexibility index (Phi) is 4.39. The zero-order valence-corrected chi connectivity index (χ0v) is 12.6. The van der Waals surface area contributed by atoms with Crippen LogP contribution in [0.15, 0.2) is 59.8 Å². The van der Waals surface area contributed by atoms with Gasteiger partial charge in [0.05, 0.1) is 0 Å². The molecule has 3 rings (SSSR count). The molecule has 0 saturated carbocycles. The predicted octanol–water partition coefficient (Wildman–Crippen LogP) is 3.01. The lowest BCUT2D eigenvalue weighted by atomic mass is 10.1. The lowest BCUT2D eigenvalue weighted by molar-refractivity contribution is 0.617. The number of hydrogen-bond donors (Lipinski definition) is 1. The maximum Gasteiger partial charge on any atom is 0.210 e. The molecule has 0 atom stereocenters. The average molecular weight is 314 g/mol. The van der Waals surface area contributed by atoms with Gasteiger partial charge in [-0.1, -0.05) is 60.3 Å². The summed E-state index contributed by atoms with van der Waals surface area (Å²) in [5.74, 6) is 6.96. The van der Waals surface area contributed by atoms with E-state index in [0.29, 0.717) is 28.7 Å². The quantitative estimate of drug-likeness (QED) is 0.581. The number of nitrogen functional groups attached to an aromatic ring is 1. The van der Waals surface area contributed by atoms with Gasteiger partial charge in [-0.3, -0.25) is 0 Å². The van der Waals surface area contributed by atoms with Crippen molar-refractivity contribution >= 4 is 11.8 Å². The highest BCUT2D eigenvalue weighted by molar-refractivity contribution is 7.98. The van der Waals surface area contributed by atoms with Crippen molar-refractivity contribution < 1.29 is 4.39 Å². The Labute approximate surface area is 132 Å². The Balaban J connectivity index is 1.70. The molecular formula is C16H15FN4S. The zero-order valence-electron chi connectivity index (χ0n) is 11.8. The van der Waals surface area contributed by atoms with Gasteiger partial charge in [0.25, 0.3) is 0 Å². The van der Waals surface area contributed by atoms with Gasteiger partial charge < -0.3 is 5.84 Å². The smallest absolute Gasteiger partial charge is 0.210 e. The third-order valence-corrected chi connectivity index (χ3v) is 4.25. The van der Waals surface area contributed by atoms with E-state index in [2.05, 4.69) is 10.2 Å². The van der Waals surface area contributed by atoms with E-state index < -0.39 is 0 Å². The first-order valence-electron chi connectivity index (χ1n) is 6.83. The van der Waals surface area contributed by atoms with Gasteiger partial charge in [0.15, 0.2) is 5.82 Å². The lowest BCUT2D eigenvalue weighted by Crippen LogP contribution is -2.14. The Morgan fingerprint density at radius 2 is 1.73 bits per heavy atom. The number of rotatable bonds is 5. The maximum absolute atomic E-state index is 13.6. The largest absolute Gasteiger partial charge is 0.336 e. The van der Waals surface area contributed by atoms with E-state index in [9.17, 15) is 4.39 Å². The number of thioether (sulfide) groups is 1. The molecule has 0 radical (unpaired) electrons. The van der Waals surface area contributed by atoms with E-state index in [1.807, 2.05) is 36.4 Å². The number of hydrogen-bond acceptors (Lipinski definition) is 4. The van der Waals surface area contributed by atoms with Crippen LogP contribution in [-0.4, -0.2) is 14.9 Å². The predicted molar refractivity (Wildman–Crippen MR) is 85.4 cm³/mol. The topological polar surface area (TPSA) is 56.7 Å². The van der Waals surface area contributed by atoms with Gasteiger partial charge in [-0.15, -0.1) is 10.2 Å². The molecule has 0 amide bonds. The Morgan fingerprint density at radius 3 is 2.50 bits per heavy atom. The molecule has 0 aliphatic heterocycles. The first-order valence-corrected chi connectivity index (χ1v) is 7.82. The number of nitrogens with two attached hydrogens (primary N) is 1. The fraction of sp³-hybridized carbons (Fsp3) is 0.125. The van der Waals surface area contributed by atoms with Gasteiger partial charge in [-0.2, -0.15) is 0 Å². The Bertz CT molecular complexity index is 758. The van der Waals surface area contributed by atoms with E-state index in [1.54, 1.807) is 12.1 Å². The molecule has 2 N–H and O–H groups in total. The average Bonchev–Trinajstić information content (AvgIpc) is 2.88. The van der Waals surface area contributed by atoms with Gasteiger partial charge in [0.1, 0.15) is 5.82 Å². The molecule has 0 aliphatic rings. The normalized spacial score (nSPS) is 10.8. The first-order chi connectivity index (χ1) is 10.7. The molecule has 0 saturated heterocycles. The molecule has 6 heteroatoms. The molecule has 2 aromatic carbocycles. The minimum Gasteiger partial charge on any atom is -0.336 e. The Hall–Kier alpha value is -2.34. The van der Waals surface area contributed by atoms with Crippen LogP contribution in [-0.2, 0) is 12.2 Å². The molecule has 0 aliphatic carbocycles. The lowest BCUT2D eigenvalue weighted by Gasteiger charge is -2.04. The molecule has 22 heavy (non-hydrogen) atoms. The summed E-state index contributed by atoms with van der Waals surface area (Å²) in [4.78, 5) is 0. The van der Waals surface area contributed by atoms with E-state index in [1.165, 1.54) is 22.5 Å². The van der Waals surface area contributed by atoms with Crippen molar-refractivity contribution in [2.24, 2.45) is 0 Å². The summed E-state index contributed by atoms with van der Waals surface area (Å²) in [7, 11) is 0. The number of halogens is 1. The highest BCUT2D eigenvalue weighted by Gasteiger charge is 2.11. The first kappa shape index (κ1) is 14.6. The molecule has 0 unspecified atom stereocenters. The fourth-order valence-electron chi connectivity index (χ4n) is 2.06. The van der Waals surface area contributed by atoms with E-state index in [-0.39, 0.29) is 5.82 Å². The van der Waals surface area contributed by atoms with Crippen LogP contribution in [0.5, 0.6) is 0 Å². The molecule has 1 heterocycles. The second-order valence-electron chi connectivity index (χ2n) is 4.81. The van der Waals surface area contributed by atoms with Gasteiger partial charge >= 0.3 is 0 Å². The van der Waals surface area contributed by atoms with E-state index in [0.717, 1.165) is 5.56 Å².